The minimum atomic E-state index is -2.71. The van der Waals surface area contributed by atoms with Crippen molar-refractivity contribution in [2.75, 3.05) is 13.7 Å². The highest BCUT2D eigenvalue weighted by Gasteiger charge is 2.52. The van der Waals surface area contributed by atoms with Crippen LogP contribution in [-0.2, 0) is 33.3 Å². The van der Waals surface area contributed by atoms with Gasteiger partial charge in [0.25, 0.3) is 0 Å². The Bertz CT molecular complexity index is 1050. The summed E-state index contributed by atoms with van der Waals surface area (Å²) in [6, 6.07) is 28.9. The van der Waals surface area contributed by atoms with E-state index in [1.807, 2.05) is 36.4 Å². The maximum absolute atomic E-state index is 6.45. The lowest BCUT2D eigenvalue weighted by molar-refractivity contribution is -0.0279. The van der Waals surface area contributed by atoms with E-state index < -0.39 is 12.2 Å². The number of benzene rings is 3. The lowest BCUT2D eigenvalue weighted by Gasteiger charge is -2.46. The van der Waals surface area contributed by atoms with Crippen molar-refractivity contribution in [3.05, 3.63) is 102 Å². The summed E-state index contributed by atoms with van der Waals surface area (Å²) in [6.45, 7) is -1.41. The van der Waals surface area contributed by atoms with Gasteiger partial charge in [-0.2, -0.15) is 0 Å². The molecule has 1 unspecified atom stereocenters. The maximum atomic E-state index is 6.45. The van der Waals surface area contributed by atoms with Gasteiger partial charge in [0.05, 0.1) is 12.6 Å². The van der Waals surface area contributed by atoms with Crippen LogP contribution in [0.4, 0.5) is 0 Å². The Morgan fingerprint density at radius 3 is 2.19 bits per heavy atom. The van der Waals surface area contributed by atoms with E-state index in [9.17, 15) is 0 Å². The topological polar surface area (TPSA) is 30.9 Å². The molecule has 4 nitrogen and oxygen atoms in total. The summed E-state index contributed by atoms with van der Waals surface area (Å²) in [6.07, 6.45) is 1.96. The molecule has 1 fully saturated rings. The highest BCUT2D eigenvalue weighted by molar-refractivity contribution is 8.09. The molecular formula is C25H26NO3PS. The molecule has 2 aliphatic heterocycles. The fourth-order valence-electron chi connectivity index (χ4n) is 4.89. The summed E-state index contributed by atoms with van der Waals surface area (Å²) < 4.78 is 21.4. The van der Waals surface area contributed by atoms with E-state index in [2.05, 4.69) is 53.2 Å². The summed E-state index contributed by atoms with van der Waals surface area (Å²) in [5.41, 5.74) is 2.59. The van der Waals surface area contributed by atoms with E-state index in [0.29, 0.717) is 6.61 Å². The Morgan fingerprint density at radius 2 is 1.55 bits per heavy atom. The number of ether oxygens (including phenoxy) is 1. The third-order valence-corrected chi connectivity index (χ3v) is 9.47. The van der Waals surface area contributed by atoms with E-state index in [0.717, 1.165) is 41.8 Å². The van der Waals surface area contributed by atoms with Crippen molar-refractivity contribution in [3.8, 4) is 5.75 Å². The molecule has 3 aromatic carbocycles. The predicted molar refractivity (Wildman–Crippen MR) is 127 cm³/mol. The molecule has 0 amide bonds. The van der Waals surface area contributed by atoms with E-state index in [4.69, 9.17) is 25.6 Å². The molecule has 1 saturated heterocycles. The van der Waals surface area contributed by atoms with Crippen LogP contribution in [-0.4, -0.2) is 24.4 Å². The van der Waals surface area contributed by atoms with Gasteiger partial charge >= 0.3 is 6.64 Å². The second-order valence-corrected chi connectivity index (χ2v) is 11.2. The van der Waals surface area contributed by atoms with Gasteiger partial charge in [0.1, 0.15) is 11.4 Å². The lowest BCUT2D eigenvalue weighted by atomic mass is 9.79. The Balaban J connectivity index is 1.61. The normalized spacial score (nSPS) is 23.8. The van der Waals surface area contributed by atoms with Gasteiger partial charge < -0.3 is 13.8 Å². The first-order valence-corrected chi connectivity index (χ1v) is 13.2. The Labute approximate surface area is 189 Å². The zero-order valence-electron chi connectivity index (χ0n) is 17.5. The van der Waals surface area contributed by atoms with Crippen LogP contribution < -0.4 is 4.52 Å². The summed E-state index contributed by atoms with van der Waals surface area (Å²) in [5, 5.41) is 0. The average molecular weight is 452 g/mol. The number of methoxy groups -OCH3 is 1. The molecular weight excluding hydrogens is 425 g/mol. The number of nitrogens with zero attached hydrogens (tertiary/aromatic N) is 1. The minimum absolute atomic E-state index is 0.00149. The number of para-hydroxylation sites is 1. The molecule has 3 aromatic rings. The molecule has 5 rings (SSSR count). The van der Waals surface area contributed by atoms with Gasteiger partial charge in [-0.15, -0.1) is 0 Å². The molecule has 2 atom stereocenters. The van der Waals surface area contributed by atoms with Crippen LogP contribution in [0, 0.1) is 0 Å². The van der Waals surface area contributed by atoms with Gasteiger partial charge in [0.15, 0.2) is 0 Å². The molecule has 0 aromatic heterocycles. The molecule has 31 heavy (non-hydrogen) atoms. The van der Waals surface area contributed by atoms with Crippen molar-refractivity contribution in [1.29, 1.82) is 0 Å². The van der Waals surface area contributed by atoms with Gasteiger partial charge in [-0.3, -0.25) is 0 Å². The van der Waals surface area contributed by atoms with Gasteiger partial charge in [-0.1, -0.05) is 78.9 Å². The summed E-state index contributed by atoms with van der Waals surface area (Å²) in [5.74, 6) is 0.838. The zero-order chi connectivity index (χ0) is 21.3. The largest absolute Gasteiger partial charge is 0.432 e. The third kappa shape index (κ3) is 3.55. The molecule has 0 N–H and O–H groups in total. The fourth-order valence-corrected chi connectivity index (χ4v) is 7.92. The first-order valence-electron chi connectivity index (χ1n) is 10.6. The Hall–Kier alpha value is -2.01. The maximum Gasteiger partial charge on any atom is 0.316 e. The molecule has 0 saturated carbocycles. The number of rotatable bonds is 5. The van der Waals surface area contributed by atoms with Crippen molar-refractivity contribution in [2.24, 2.45) is 0 Å². The predicted octanol–water partition coefficient (Wildman–Crippen LogP) is 5.87. The first kappa shape index (κ1) is 20.9. The number of fused-ring (bicyclic) bond motifs is 1. The van der Waals surface area contributed by atoms with E-state index in [1.165, 1.54) is 0 Å². The molecule has 0 radical (unpaired) electrons. The first-order chi connectivity index (χ1) is 15.2. The van der Waals surface area contributed by atoms with Gasteiger partial charge in [0.2, 0.25) is 0 Å². The highest BCUT2D eigenvalue weighted by atomic mass is 32.5. The molecule has 0 spiro atoms. The summed E-state index contributed by atoms with van der Waals surface area (Å²) >= 11 is 6.12. The second-order valence-electron chi connectivity index (χ2n) is 7.93. The fraction of sp³-hybridized carbons (Fsp3) is 0.280. The molecule has 2 heterocycles. The summed E-state index contributed by atoms with van der Waals surface area (Å²) in [4.78, 5) is 0. The number of hydrogen-bond donors (Lipinski definition) is 0. The van der Waals surface area contributed by atoms with Crippen LogP contribution in [0.15, 0.2) is 84.9 Å². The molecule has 160 valence electrons. The monoisotopic (exact) mass is 451 g/mol. The SMILES string of the molecule is COC(c1ccccc1)(c1ccccc1)[C@@H]1CCCN1P1(=S)OCc2ccccc2O1. The molecule has 0 bridgehead atoms. The van der Waals surface area contributed by atoms with Gasteiger partial charge in [-0.05, 0) is 41.8 Å². The van der Waals surface area contributed by atoms with Crippen molar-refractivity contribution < 1.29 is 13.8 Å². The van der Waals surface area contributed by atoms with Crippen molar-refractivity contribution in [2.45, 2.75) is 31.1 Å². The van der Waals surface area contributed by atoms with Gasteiger partial charge in [-0.25, -0.2) is 4.67 Å². The average Bonchev–Trinajstić information content (AvgIpc) is 3.33. The zero-order valence-corrected chi connectivity index (χ0v) is 19.2. The van der Waals surface area contributed by atoms with Crippen LogP contribution in [0.3, 0.4) is 0 Å². The quantitative estimate of drug-likeness (QED) is 0.453. The van der Waals surface area contributed by atoms with Crippen LogP contribution >= 0.6 is 6.64 Å². The van der Waals surface area contributed by atoms with E-state index in [-0.39, 0.29) is 6.04 Å². The van der Waals surface area contributed by atoms with Crippen LogP contribution in [0.5, 0.6) is 5.75 Å². The summed E-state index contributed by atoms with van der Waals surface area (Å²) in [7, 11) is 1.79. The third-order valence-electron chi connectivity index (χ3n) is 6.31. The minimum Gasteiger partial charge on any atom is -0.432 e. The van der Waals surface area contributed by atoms with E-state index >= 15 is 0 Å². The van der Waals surface area contributed by atoms with Crippen LogP contribution in [0.1, 0.15) is 29.5 Å². The Kier molecular flexibility index (Phi) is 5.72. The molecule has 0 aliphatic carbocycles. The highest BCUT2D eigenvalue weighted by Crippen LogP contribution is 2.61. The van der Waals surface area contributed by atoms with Crippen LogP contribution in [0.2, 0.25) is 0 Å². The standard InChI is InChI=1S/C25H26NO3PS/c1-27-25(21-12-4-2-5-13-21,22-14-6-3-7-15-22)24-17-10-18-26(24)30(31)28-19-20-11-8-9-16-23(20)29-30/h2-9,11-16,24H,10,17-19H2,1H3/t24-,30?/m0/s1. The molecule has 6 heteroatoms. The second kappa shape index (κ2) is 8.50. The van der Waals surface area contributed by atoms with E-state index in [1.54, 1.807) is 7.11 Å². The van der Waals surface area contributed by atoms with Crippen LogP contribution in [0.25, 0.3) is 0 Å². The van der Waals surface area contributed by atoms with Crippen molar-refractivity contribution >= 4 is 18.4 Å². The smallest absolute Gasteiger partial charge is 0.316 e. The van der Waals surface area contributed by atoms with Crippen molar-refractivity contribution in [1.82, 2.24) is 4.67 Å². The number of hydrogen-bond acceptors (Lipinski definition) is 4. The Morgan fingerprint density at radius 1 is 0.935 bits per heavy atom. The van der Waals surface area contributed by atoms with Gasteiger partial charge in [0, 0.05) is 19.2 Å². The molecule has 2 aliphatic rings. The van der Waals surface area contributed by atoms with Crippen molar-refractivity contribution in [3.63, 3.8) is 0 Å². The lowest BCUT2D eigenvalue weighted by Crippen LogP contribution is -2.49.